The first-order chi connectivity index (χ1) is 15.5. The second kappa shape index (κ2) is 8.15. The first-order valence-electron chi connectivity index (χ1n) is 10.8. The Bertz CT molecular complexity index is 1050. The molecule has 2 aromatic rings. The molecule has 3 atom stereocenters. The Labute approximate surface area is 185 Å². The monoisotopic (exact) mass is 432 g/mol. The molecule has 3 aliphatic rings. The minimum absolute atomic E-state index is 0.00139. The maximum Gasteiger partial charge on any atom is 0.407 e. The van der Waals surface area contributed by atoms with E-state index in [4.69, 9.17) is 9.84 Å². The van der Waals surface area contributed by atoms with Crippen LogP contribution in [0, 0.1) is 17.8 Å². The molecule has 7 nitrogen and oxygen atoms in total. The van der Waals surface area contributed by atoms with Gasteiger partial charge in [-0.25, -0.2) is 4.79 Å². The lowest BCUT2D eigenvalue weighted by Crippen LogP contribution is -2.31. The van der Waals surface area contributed by atoms with E-state index in [0.29, 0.717) is 13.1 Å². The zero-order valence-corrected chi connectivity index (χ0v) is 17.4. The van der Waals surface area contributed by atoms with Gasteiger partial charge in [-0.05, 0) is 34.1 Å². The Kier molecular flexibility index (Phi) is 5.17. The predicted octanol–water partition coefficient (Wildman–Crippen LogP) is 2.87. The van der Waals surface area contributed by atoms with Crippen LogP contribution in [0.4, 0.5) is 4.79 Å². The maximum absolute atomic E-state index is 12.2. The summed E-state index contributed by atoms with van der Waals surface area (Å²) in [6.07, 6.45) is 2.47. The molecule has 1 aliphatic heterocycles. The minimum atomic E-state index is -0.769. The van der Waals surface area contributed by atoms with Crippen LogP contribution in [0.15, 0.2) is 60.7 Å². The number of likely N-dealkylation sites (tertiary alicyclic amines) is 1. The number of hydrogen-bond donors (Lipinski definition) is 2. The Morgan fingerprint density at radius 2 is 1.59 bits per heavy atom. The number of alkyl carbamates (subject to hydrolysis) is 1. The van der Waals surface area contributed by atoms with Crippen LogP contribution in [0.25, 0.3) is 11.1 Å². The highest BCUT2D eigenvalue weighted by molar-refractivity contribution is 5.88. The van der Waals surface area contributed by atoms with Crippen molar-refractivity contribution in [2.24, 2.45) is 17.8 Å². The summed E-state index contributed by atoms with van der Waals surface area (Å²) in [5.74, 6) is -1.04. The molecular formula is C25H24N2O5. The van der Waals surface area contributed by atoms with Crippen molar-refractivity contribution in [1.29, 1.82) is 0 Å². The van der Waals surface area contributed by atoms with E-state index >= 15 is 0 Å². The number of piperidine rings is 1. The number of aliphatic carboxylic acids is 1. The molecule has 0 bridgehead atoms. The molecule has 2 amide bonds. The van der Waals surface area contributed by atoms with Gasteiger partial charge in [-0.1, -0.05) is 54.6 Å². The van der Waals surface area contributed by atoms with Gasteiger partial charge < -0.3 is 20.1 Å². The zero-order valence-electron chi connectivity index (χ0n) is 17.4. The van der Waals surface area contributed by atoms with E-state index in [-0.39, 0.29) is 42.7 Å². The maximum atomic E-state index is 12.2. The van der Waals surface area contributed by atoms with Gasteiger partial charge in [0.15, 0.2) is 0 Å². The molecule has 2 N–H and O–H groups in total. The van der Waals surface area contributed by atoms with Gasteiger partial charge in [0.1, 0.15) is 6.61 Å². The molecule has 1 heterocycles. The fourth-order valence-electron chi connectivity index (χ4n) is 5.13. The van der Waals surface area contributed by atoms with Crippen molar-refractivity contribution in [3.05, 3.63) is 71.8 Å². The van der Waals surface area contributed by atoms with E-state index in [1.54, 1.807) is 11.0 Å². The fraction of sp³-hybridized carbons (Fsp3) is 0.320. The summed E-state index contributed by atoms with van der Waals surface area (Å²) in [6.45, 7) is 1.40. The largest absolute Gasteiger partial charge is 0.481 e. The first-order valence-corrected chi connectivity index (χ1v) is 10.8. The van der Waals surface area contributed by atoms with Gasteiger partial charge in [-0.15, -0.1) is 0 Å². The molecule has 0 spiro atoms. The van der Waals surface area contributed by atoms with Gasteiger partial charge in [-0.3, -0.25) is 9.59 Å². The number of carboxylic acid groups (broad SMARTS) is 1. The van der Waals surface area contributed by atoms with Crippen LogP contribution in [0.3, 0.4) is 0 Å². The smallest absolute Gasteiger partial charge is 0.407 e. The molecular weight excluding hydrogens is 408 g/mol. The number of rotatable bonds is 6. The van der Waals surface area contributed by atoms with Crippen LogP contribution in [0.1, 0.15) is 17.0 Å². The third-order valence-electron chi connectivity index (χ3n) is 6.76. The molecule has 1 unspecified atom stereocenters. The van der Waals surface area contributed by atoms with E-state index in [0.717, 1.165) is 11.1 Å². The van der Waals surface area contributed by atoms with Crippen LogP contribution in [-0.2, 0) is 14.3 Å². The molecule has 2 aliphatic carbocycles. The Hall–Kier alpha value is -3.61. The SMILES string of the molecule is O=C(NC/C=C/C(=O)N1C[C@@H]2C(C(=O)O)[C@@H]2C1)OCC1c2ccccc2-c2ccccc21. The number of hydrogen-bond acceptors (Lipinski definition) is 4. The summed E-state index contributed by atoms with van der Waals surface area (Å²) in [6, 6.07) is 16.3. The number of nitrogens with one attached hydrogen (secondary N) is 1. The molecule has 1 saturated heterocycles. The van der Waals surface area contributed by atoms with E-state index in [2.05, 4.69) is 29.6 Å². The van der Waals surface area contributed by atoms with Crippen LogP contribution in [0.2, 0.25) is 0 Å². The Morgan fingerprint density at radius 1 is 1.00 bits per heavy atom. The average molecular weight is 432 g/mol. The minimum Gasteiger partial charge on any atom is -0.481 e. The number of ether oxygens (including phenoxy) is 1. The van der Waals surface area contributed by atoms with Crippen LogP contribution in [0.5, 0.6) is 0 Å². The van der Waals surface area contributed by atoms with E-state index in [1.807, 2.05) is 24.3 Å². The number of carbonyl (C=O) groups is 3. The van der Waals surface area contributed by atoms with Crippen LogP contribution < -0.4 is 5.32 Å². The van der Waals surface area contributed by atoms with Crippen molar-refractivity contribution in [2.75, 3.05) is 26.2 Å². The number of carboxylic acids is 1. The van der Waals surface area contributed by atoms with Crippen molar-refractivity contribution in [1.82, 2.24) is 10.2 Å². The number of carbonyl (C=O) groups excluding carboxylic acids is 2. The van der Waals surface area contributed by atoms with Crippen molar-refractivity contribution < 1.29 is 24.2 Å². The summed E-state index contributed by atoms with van der Waals surface area (Å²) in [7, 11) is 0. The molecule has 7 heteroatoms. The molecule has 32 heavy (non-hydrogen) atoms. The topological polar surface area (TPSA) is 95.9 Å². The molecule has 2 aromatic carbocycles. The fourth-order valence-corrected chi connectivity index (χ4v) is 5.13. The summed E-state index contributed by atoms with van der Waals surface area (Å²) >= 11 is 0. The van der Waals surface area contributed by atoms with Crippen molar-refractivity contribution in [2.45, 2.75) is 5.92 Å². The van der Waals surface area contributed by atoms with Crippen molar-refractivity contribution in [3.8, 4) is 11.1 Å². The Balaban J connectivity index is 1.08. The van der Waals surface area contributed by atoms with E-state index in [9.17, 15) is 14.4 Å². The van der Waals surface area contributed by atoms with Gasteiger partial charge >= 0.3 is 12.1 Å². The third kappa shape index (κ3) is 3.64. The lowest BCUT2D eigenvalue weighted by molar-refractivity contribution is -0.140. The third-order valence-corrected chi connectivity index (χ3v) is 6.76. The lowest BCUT2D eigenvalue weighted by atomic mass is 9.98. The summed E-state index contributed by atoms with van der Waals surface area (Å²) in [4.78, 5) is 37.1. The first kappa shape index (κ1) is 20.3. The highest BCUT2D eigenvalue weighted by atomic mass is 16.5. The van der Waals surface area contributed by atoms with E-state index < -0.39 is 12.1 Å². The van der Waals surface area contributed by atoms with E-state index in [1.165, 1.54) is 17.2 Å². The molecule has 164 valence electrons. The average Bonchev–Trinajstić information content (AvgIpc) is 3.15. The standard InChI is InChI=1S/C25H24N2O5/c28-22(27-12-19-20(13-27)23(19)24(29)30)10-5-11-26-25(31)32-14-21-17-8-3-1-6-15(17)16-7-2-4-9-18(16)21/h1-10,19-21,23H,11-14H2,(H,26,31)(H,29,30)/b10-5+/t19-,20+,23?. The molecule has 2 fully saturated rings. The van der Waals surface area contributed by atoms with Crippen molar-refractivity contribution >= 4 is 18.0 Å². The second-order valence-corrected chi connectivity index (χ2v) is 8.54. The molecule has 5 rings (SSSR count). The van der Waals surface area contributed by atoms with Gasteiger partial charge in [0.05, 0.1) is 5.92 Å². The number of amides is 2. The van der Waals surface area contributed by atoms with Crippen LogP contribution >= 0.6 is 0 Å². The molecule has 1 saturated carbocycles. The number of nitrogens with zero attached hydrogens (tertiary/aromatic N) is 1. The molecule has 0 radical (unpaired) electrons. The van der Waals surface area contributed by atoms with Crippen LogP contribution in [-0.4, -0.2) is 54.2 Å². The summed E-state index contributed by atoms with van der Waals surface area (Å²) < 4.78 is 5.47. The van der Waals surface area contributed by atoms with Crippen molar-refractivity contribution in [3.63, 3.8) is 0 Å². The van der Waals surface area contributed by atoms with Gasteiger partial charge in [0, 0.05) is 31.6 Å². The second-order valence-electron chi connectivity index (χ2n) is 8.54. The lowest BCUT2D eigenvalue weighted by Gasteiger charge is -2.17. The Morgan fingerprint density at radius 3 is 2.19 bits per heavy atom. The quantitative estimate of drug-likeness (QED) is 0.685. The van der Waals surface area contributed by atoms with Gasteiger partial charge in [0.25, 0.3) is 0 Å². The number of benzene rings is 2. The molecule has 0 aromatic heterocycles. The predicted molar refractivity (Wildman–Crippen MR) is 117 cm³/mol. The van der Waals surface area contributed by atoms with Gasteiger partial charge in [-0.2, -0.15) is 0 Å². The summed E-state index contributed by atoms with van der Waals surface area (Å²) in [5.41, 5.74) is 4.65. The highest BCUT2D eigenvalue weighted by Gasteiger charge is 2.60. The summed E-state index contributed by atoms with van der Waals surface area (Å²) in [5, 5.41) is 11.7. The highest BCUT2D eigenvalue weighted by Crippen LogP contribution is 2.51. The number of fused-ring (bicyclic) bond motifs is 4. The normalized spacial score (nSPS) is 22.9. The zero-order chi connectivity index (χ0) is 22.2. The van der Waals surface area contributed by atoms with Gasteiger partial charge in [0.2, 0.25) is 5.91 Å².